The molecule has 0 saturated heterocycles. The Balaban J connectivity index is 3.26. The summed E-state index contributed by atoms with van der Waals surface area (Å²) in [4.78, 5) is 0. The van der Waals surface area contributed by atoms with Crippen LogP contribution in [0.5, 0.6) is 5.75 Å². The molecular formula is C12H18N2OS. The third-order valence-corrected chi connectivity index (χ3v) is 2.39. The zero-order valence-electron chi connectivity index (χ0n) is 10.1. The highest BCUT2D eigenvalue weighted by atomic mass is 32.1. The Morgan fingerprint density at radius 2 is 2.00 bits per heavy atom. The molecule has 0 bridgehead atoms. The molecule has 0 aliphatic rings. The highest BCUT2D eigenvalue weighted by Gasteiger charge is 2.20. The molecule has 3 nitrogen and oxygen atoms in total. The highest BCUT2D eigenvalue weighted by molar-refractivity contribution is 7.80. The van der Waals surface area contributed by atoms with E-state index in [0.29, 0.717) is 0 Å². The van der Waals surface area contributed by atoms with Crippen LogP contribution in [0.4, 0.5) is 5.69 Å². The van der Waals surface area contributed by atoms with E-state index >= 15 is 0 Å². The fourth-order valence-electron chi connectivity index (χ4n) is 1.58. The molecule has 1 aromatic carbocycles. The number of methoxy groups -OCH3 is 1. The molecule has 0 atom stereocenters. The molecule has 4 heteroatoms. The number of nitrogens with one attached hydrogen (secondary N) is 1. The Bertz CT molecular complexity index is 396. The van der Waals surface area contributed by atoms with Crippen molar-refractivity contribution in [3.05, 3.63) is 23.8 Å². The van der Waals surface area contributed by atoms with Gasteiger partial charge in [0.2, 0.25) is 0 Å². The first-order valence-electron chi connectivity index (χ1n) is 5.10. The zero-order valence-corrected chi connectivity index (χ0v) is 10.9. The van der Waals surface area contributed by atoms with Gasteiger partial charge in [-0.05, 0) is 23.7 Å². The molecule has 0 spiro atoms. The Morgan fingerprint density at radius 1 is 1.38 bits per heavy atom. The Hall–Kier alpha value is -1.29. The van der Waals surface area contributed by atoms with Gasteiger partial charge in [-0.1, -0.05) is 32.9 Å². The largest absolute Gasteiger partial charge is 0.494 e. The van der Waals surface area contributed by atoms with Crippen LogP contribution < -0.4 is 15.8 Å². The molecule has 0 fully saturated rings. The Kier molecular flexibility index (Phi) is 3.75. The van der Waals surface area contributed by atoms with Gasteiger partial charge in [-0.25, -0.2) is 0 Å². The van der Waals surface area contributed by atoms with Gasteiger partial charge in [0.05, 0.1) is 12.8 Å². The standard InChI is InChI=1S/C12H18N2OS/c1-12(2,3)8-6-5-7-9(10(8)15-4)14-11(13)16/h5-7H,1-4H3,(H3,13,14,16). The minimum Gasteiger partial charge on any atom is -0.494 e. The third kappa shape index (κ3) is 2.85. The van der Waals surface area contributed by atoms with Crippen molar-refractivity contribution in [1.29, 1.82) is 0 Å². The average Bonchev–Trinajstić information content (AvgIpc) is 2.15. The molecule has 0 aromatic heterocycles. The minimum absolute atomic E-state index is 0.0131. The predicted octanol–water partition coefficient (Wildman–Crippen LogP) is 2.65. The van der Waals surface area contributed by atoms with Gasteiger partial charge in [-0.15, -0.1) is 0 Å². The summed E-state index contributed by atoms with van der Waals surface area (Å²) in [5.74, 6) is 0.794. The van der Waals surface area contributed by atoms with E-state index in [1.165, 1.54) is 0 Å². The molecule has 0 radical (unpaired) electrons. The molecule has 3 N–H and O–H groups in total. The number of thiocarbonyl (C=S) groups is 1. The first-order chi connectivity index (χ1) is 7.36. The van der Waals surface area contributed by atoms with Crippen molar-refractivity contribution < 1.29 is 4.74 Å². The van der Waals surface area contributed by atoms with Crippen LogP contribution in [0.3, 0.4) is 0 Å². The summed E-state index contributed by atoms with van der Waals surface area (Å²) < 4.78 is 5.43. The molecule has 0 saturated carbocycles. The van der Waals surface area contributed by atoms with E-state index in [1.807, 2.05) is 18.2 Å². The number of rotatable bonds is 2. The van der Waals surface area contributed by atoms with Gasteiger partial charge in [0.15, 0.2) is 5.11 Å². The van der Waals surface area contributed by atoms with Crippen LogP contribution >= 0.6 is 12.2 Å². The first kappa shape index (κ1) is 12.8. The van der Waals surface area contributed by atoms with Gasteiger partial charge in [0, 0.05) is 5.56 Å². The van der Waals surface area contributed by atoms with Crippen molar-refractivity contribution in [2.75, 3.05) is 12.4 Å². The molecule has 88 valence electrons. The van der Waals surface area contributed by atoms with Crippen molar-refractivity contribution in [2.24, 2.45) is 5.73 Å². The van der Waals surface area contributed by atoms with Gasteiger partial charge < -0.3 is 15.8 Å². The third-order valence-electron chi connectivity index (χ3n) is 2.29. The summed E-state index contributed by atoms with van der Waals surface area (Å²) in [7, 11) is 1.65. The topological polar surface area (TPSA) is 47.3 Å². The molecule has 0 heterocycles. The van der Waals surface area contributed by atoms with Gasteiger partial charge in [-0.3, -0.25) is 0 Å². The van der Waals surface area contributed by atoms with Gasteiger partial charge in [-0.2, -0.15) is 0 Å². The Labute approximate surface area is 102 Å². The number of nitrogens with two attached hydrogens (primary N) is 1. The van der Waals surface area contributed by atoms with Crippen molar-refractivity contribution in [2.45, 2.75) is 26.2 Å². The van der Waals surface area contributed by atoms with Crippen molar-refractivity contribution in [3.63, 3.8) is 0 Å². The van der Waals surface area contributed by atoms with Gasteiger partial charge in [0.1, 0.15) is 5.75 Å². The van der Waals surface area contributed by atoms with Crippen LogP contribution in [0.1, 0.15) is 26.3 Å². The quantitative estimate of drug-likeness (QED) is 0.778. The number of ether oxygens (including phenoxy) is 1. The SMILES string of the molecule is COc1c(NC(N)=S)cccc1C(C)(C)C. The summed E-state index contributed by atoms with van der Waals surface area (Å²) in [5.41, 5.74) is 7.41. The lowest BCUT2D eigenvalue weighted by atomic mass is 9.86. The summed E-state index contributed by atoms with van der Waals surface area (Å²) in [6.45, 7) is 6.40. The maximum Gasteiger partial charge on any atom is 0.168 e. The fraction of sp³-hybridized carbons (Fsp3) is 0.417. The molecule has 0 amide bonds. The van der Waals surface area contributed by atoms with E-state index in [4.69, 9.17) is 22.7 Å². The van der Waals surface area contributed by atoms with E-state index < -0.39 is 0 Å². The number of hydrogen-bond donors (Lipinski definition) is 2. The van der Waals surface area contributed by atoms with Crippen LogP contribution in [0.25, 0.3) is 0 Å². The second-order valence-electron chi connectivity index (χ2n) is 4.63. The predicted molar refractivity (Wildman–Crippen MR) is 72.1 cm³/mol. The monoisotopic (exact) mass is 238 g/mol. The molecule has 0 unspecified atom stereocenters. The van der Waals surface area contributed by atoms with Gasteiger partial charge >= 0.3 is 0 Å². The maximum absolute atomic E-state index is 5.47. The van der Waals surface area contributed by atoms with E-state index in [9.17, 15) is 0 Å². The average molecular weight is 238 g/mol. The summed E-state index contributed by atoms with van der Waals surface area (Å²) >= 11 is 4.83. The van der Waals surface area contributed by atoms with Crippen molar-refractivity contribution in [3.8, 4) is 5.75 Å². The van der Waals surface area contributed by atoms with E-state index in [0.717, 1.165) is 17.0 Å². The summed E-state index contributed by atoms with van der Waals surface area (Å²) in [6, 6.07) is 5.90. The van der Waals surface area contributed by atoms with Crippen LogP contribution in [0, 0.1) is 0 Å². The summed E-state index contributed by atoms with van der Waals surface area (Å²) in [5, 5.41) is 3.16. The molecule has 16 heavy (non-hydrogen) atoms. The normalized spacial score (nSPS) is 11.0. The first-order valence-corrected chi connectivity index (χ1v) is 5.51. The van der Waals surface area contributed by atoms with Crippen molar-refractivity contribution in [1.82, 2.24) is 0 Å². The molecular weight excluding hydrogens is 220 g/mol. The van der Waals surface area contributed by atoms with Crippen LogP contribution in [-0.4, -0.2) is 12.2 Å². The lowest BCUT2D eigenvalue weighted by Gasteiger charge is -2.23. The number of hydrogen-bond acceptors (Lipinski definition) is 2. The van der Waals surface area contributed by atoms with Crippen LogP contribution in [0.2, 0.25) is 0 Å². The minimum atomic E-state index is 0.0131. The van der Waals surface area contributed by atoms with E-state index in [-0.39, 0.29) is 10.5 Å². The number of benzene rings is 1. The lowest BCUT2D eigenvalue weighted by Crippen LogP contribution is -2.21. The molecule has 0 aliphatic heterocycles. The fourth-order valence-corrected chi connectivity index (χ4v) is 1.69. The smallest absolute Gasteiger partial charge is 0.168 e. The highest BCUT2D eigenvalue weighted by Crippen LogP contribution is 2.36. The van der Waals surface area contributed by atoms with E-state index in [1.54, 1.807) is 7.11 Å². The summed E-state index contributed by atoms with van der Waals surface area (Å²) in [6.07, 6.45) is 0. The van der Waals surface area contributed by atoms with Crippen molar-refractivity contribution >= 4 is 23.0 Å². The molecule has 1 aromatic rings. The lowest BCUT2D eigenvalue weighted by molar-refractivity contribution is 0.399. The van der Waals surface area contributed by atoms with Gasteiger partial charge in [0.25, 0.3) is 0 Å². The number of para-hydroxylation sites is 1. The van der Waals surface area contributed by atoms with Crippen LogP contribution in [-0.2, 0) is 5.41 Å². The zero-order chi connectivity index (χ0) is 12.3. The molecule has 0 aliphatic carbocycles. The maximum atomic E-state index is 5.47. The number of anilines is 1. The Morgan fingerprint density at radius 3 is 2.44 bits per heavy atom. The molecule has 1 rings (SSSR count). The van der Waals surface area contributed by atoms with E-state index in [2.05, 4.69) is 26.1 Å². The second-order valence-corrected chi connectivity index (χ2v) is 5.07. The van der Waals surface area contributed by atoms with Crippen LogP contribution in [0.15, 0.2) is 18.2 Å². The second kappa shape index (κ2) is 4.70.